The Labute approximate surface area is 97.0 Å². The third-order valence-corrected chi connectivity index (χ3v) is 1.95. The Hall–Kier alpha value is -1.27. The number of nitrogens with zero attached hydrogens (tertiary/aromatic N) is 1. The van der Waals surface area contributed by atoms with Gasteiger partial charge in [0.25, 0.3) is 12.1 Å². The zero-order valence-electron chi connectivity index (χ0n) is 8.39. The minimum Gasteiger partial charge on any atom is -0.324 e. The van der Waals surface area contributed by atoms with Gasteiger partial charge in [0.15, 0.2) is 0 Å². The van der Waals surface area contributed by atoms with E-state index in [1.165, 1.54) is 12.1 Å². The van der Waals surface area contributed by atoms with Crippen molar-refractivity contribution in [1.29, 1.82) is 0 Å². The van der Waals surface area contributed by atoms with Gasteiger partial charge < -0.3 is 5.73 Å². The van der Waals surface area contributed by atoms with Gasteiger partial charge in [0.2, 0.25) is 0 Å². The van der Waals surface area contributed by atoms with Crippen LogP contribution in [0.3, 0.4) is 0 Å². The fraction of sp³-hybridized carbons (Fsp3) is 0.333. The number of rotatable bonds is 3. The average molecular weight is 253 g/mol. The minimum absolute atomic E-state index is 0. The van der Waals surface area contributed by atoms with Crippen LogP contribution in [0.25, 0.3) is 0 Å². The standard InChI is InChI=1S/C9H10F2N2O2.ClH/c1-5(12)6-2-7(9(10)11)4-8(3-6)13(14)15;/h2-5,9H,12H2,1H3;1H/t5-;/m1./s1. The summed E-state index contributed by atoms with van der Waals surface area (Å²) in [5.41, 5.74) is 5.08. The van der Waals surface area contributed by atoms with Gasteiger partial charge in [-0.25, -0.2) is 8.78 Å². The van der Waals surface area contributed by atoms with E-state index >= 15 is 0 Å². The van der Waals surface area contributed by atoms with E-state index in [9.17, 15) is 18.9 Å². The van der Waals surface area contributed by atoms with E-state index in [-0.39, 0.29) is 23.7 Å². The second kappa shape index (κ2) is 5.72. The molecule has 7 heteroatoms. The van der Waals surface area contributed by atoms with Crippen molar-refractivity contribution in [2.45, 2.75) is 19.4 Å². The molecule has 2 N–H and O–H groups in total. The monoisotopic (exact) mass is 252 g/mol. The molecule has 0 radical (unpaired) electrons. The zero-order chi connectivity index (χ0) is 11.6. The Kier molecular flexibility index (Phi) is 5.26. The van der Waals surface area contributed by atoms with Crippen molar-refractivity contribution in [1.82, 2.24) is 0 Å². The quantitative estimate of drug-likeness (QED) is 0.664. The third kappa shape index (κ3) is 3.39. The molecule has 0 aromatic heterocycles. The second-order valence-electron chi connectivity index (χ2n) is 3.20. The van der Waals surface area contributed by atoms with E-state index in [4.69, 9.17) is 5.73 Å². The number of hydrogen-bond acceptors (Lipinski definition) is 3. The molecule has 4 nitrogen and oxygen atoms in total. The molecule has 0 saturated carbocycles. The Morgan fingerprint density at radius 3 is 2.19 bits per heavy atom. The summed E-state index contributed by atoms with van der Waals surface area (Å²) < 4.78 is 24.8. The summed E-state index contributed by atoms with van der Waals surface area (Å²) in [6, 6.07) is 2.73. The van der Waals surface area contributed by atoms with E-state index < -0.39 is 17.4 Å². The van der Waals surface area contributed by atoms with Crippen LogP contribution < -0.4 is 5.73 Å². The average Bonchev–Trinajstić information content (AvgIpc) is 2.16. The zero-order valence-corrected chi connectivity index (χ0v) is 9.21. The lowest BCUT2D eigenvalue weighted by atomic mass is 10.0. The van der Waals surface area contributed by atoms with E-state index in [2.05, 4.69) is 0 Å². The van der Waals surface area contributed by atoms with Crippen molar-refractivity contribution in [3.63, 3.8) is 0 Å². The highest BCUT2D eigenvalue weighted by molar-refractivity contribution is 5.85. The van der Waals surface area contributed by atoms with Crippen molar-refractivity contribution >= 4 is 18.1 Å². The molecule has 1 rings (SSSR count). The van der Waals surface area contributed by atoms with Crippen LogP contribution in [0.2, 0.25) is 0 Å². The second-order valence-corrected chi connectivity index (χ2v) is 3.20. The Bertz CT molecular complexity index is 360. The smallest absolute Gasteiger partial charge is 0.270 e. The maximum absolute atomic E-state index is 12.4. The Morgan fingerprint density at radius 1 is 1.31 bits per heavy atom. The molecular weight excluding hydrogens is 242 g/mol. The fourth-order valence-corrected chi connectivity index (χ4v) is 1.15. The van der Waals surface area contributed by atoms with Gasteiger partial charge in [-0.3, -0.25) is 10.1 Å². The van der Waals surface area contributed by atoms with Gasteiger partial charge >= 0.3 is 0 Å². The number of nitro benzene ring substituents is 1. The predicted molar refractivity (Wildman–Crippen MR) is 57.9 cm³/mol. The number of benzene rings is 1. The van der Waals surface area contributed by atoms with Crippen molar-refractivity contribution in [2.24, 2.45) is 5.73 Å². The van der Waals surface area contributed by atoms with E-state index in [0.717, 1.165) is 6.07 Å². The first-order valence-corrected chi connectivity index (χ1v) is 4.25. The number of hydrogen-bond donors (Lipinski definition) is 1. The van der Waals surface area contributed by atoms with Gasteiger partial charge in [-0.1, -0.05) is 0 Å². The molecule has 1 aromatic carbocycles. The maximum atomic E-state index is 12.4. The van der Waals surface area contributed by atoms with Crippen LogP contribution in [-0.2, 0) is 0 Å². The number of non-ortho nitro benzene ring substituents is 1. The Morgan fingerprint density at radius 2 is 1.81 bits per heavy atom. The highest BCUT2D eigenvalue weighted by atomic mass is 35.5. The normalized spacial score (nSPS) is 12.1. The lowest BCUT2D eigenvalue weighted by Gasteiger charge is -2.07. The lowest BCUT2D eigenvalue weighted by molar-refractivity contribution is -0.385. The molecule has 0 spiro atoms. The molecule has 0 aliphatic rings. The molecule has 0 fully saturated rings. The predicted octanol–water partition coefficient (Wildman–Crippen LogP) is 2.97. The fourth-order valence-electron chi connectivity index (χ4n) is 1.15. The van der Waals surface area contributed by atoms with Crippen LogP contribution in [0.4, 0.5) is 14.5 Å². The highest BCUT2D eigenvalue weighted by Gasteiger charge is 2.16. The Balaban J connectivity index is 0.00000225. The van der Waals surface area contributed by atoms with Crippen molar-refractivity contribution < 1.29 is 13.7 Å². The van der Waals surface area contributed by atoms with Gasteiger partial charge in [0.05, 0.1) is 4.92 Å². The first kappa shape index (κ1) is 14.7. The van der Waals surface area contributed by atoms with Gasteiger partial charge in [-0.2, -0.15) is 0 Å². The highest BCUT2D eigenvalue weighted by Crippen LogP contribution is 2.27. The van der Waals surface area contributed by atoms with Crippen molar-refractivity contribution in [2.75, 3.05) is 0 Å². The van der Waals surface area contributed by atoms with Crippen LogP contribution in [-0.4, -0.2) is 4.92 Å². The molecule has 0 amide bonds. The van der Waals surface area contributed by atoms with E-state index in [0.29, 0.717) is 5.56 Å². The molecule has 0 bridgehead atoms. The van der Waals surface area contributed by atoms with Crippen LogP contribution in [0.15, 0.2) is 18.2 Å². The van der Waals surface area contributed by atoms with Crippen molar-refractivity contribution in [3.05, 3.63) is 39.4 Å². The first-order valence-electron chi connectivity index (χ1n) is 4.25. The van der Waals surface area contributed by atoms with Gasteiger partial charge in [0, 0.05) is 23.7 Å². The minimum atomic E-state index is -2.73. The molecule has 90 valence electrons. The summed E-state index contributed by atoms with van der Waals surface area (Å²) in [6.45, 7) is 1.58. The van der Waals surface area contributed by atoms with Crippen LogP contribution >= 0.6 is 12.4 Å². The number of halogens is 3. The first-order chi connectivity index (χ1) is 6.91. The summed E-state index contributed by atoms with van der Waals surface area (Å²) in [5.74, 6) is 0. The topological polar surface area (TPSA) is 69.2 Å². The number of nitrogens with two attached hydrogens (primary N) is 1. The summed E-state index contributed by atoms with van der Waals surface area (Å²) in [5, 5.41) is 10.5. The van der Waals surface area contributed by atoms with Gasteiger partial charge in [-0.15, -0.1) is 12.4 Å². The molecule has 0 aliphatic heterocycles. The van der Waals surface area contributed by atoms with E-state index in [1.807, 2.05) is 0 Å². The van der Waals surface area contributed by atoms with Crippen LogP contribution in [0.5, 0.6) is 0 Å². The molecular formula is C9H11ClF2N2O2. The van der Waals surface area contributed by atoms with Gasteiger partial charge in [0.1, 0.15) is 0 Å². The van der Waals surface area contributed by atoms with Crippen LogP contribution in [0, 0.1) is 10.1 Å². The van der Waals surface area contributed by atoms with E-state index in [1.54, 1.807) is 6.92 Å². The van der Waals surface area contributed by atoms with Crippen molar-refractivity contribution in [3.8, 4) is 0 Å². The molecule has 16 heavy (non-hydrogen) atoms. The molecule has 1 aromatic rings. The summed E-state index contributed by atoms with van der Waals surface area (Å²) >= 11 is 0. The molecule has 0 aliphatic carbocycles. The third-order valence-electron chi connectivity index (χ3n) is 1.95. The lowest BCUT2D eigenvalue weighted by Crippen LogP contribution is -2.06. The molecule has 1 atom stereocenters. The van der Waals surface area contributed by atoms with Crippen LogP contribution in [0.1, 0.15) is 30.5 Å². The largest absolute Gasteiger partial charge is 0.324 e. The summed E-state index contributed by atoms with van der Waals surface area (Å²) in [6.07, 6.45) is -2.73. The number of nitro groups is 1. The summed E-state index contributed by atoms with van der Waals surface area (Å²) in [4.78, 5) is 9.76. The molecule has 0 saturated heterocycles. The summed E-state index contributed by atoms with van der Waals surface area (Å²) in [7, 11) is 0. The molecule has 0 unspecified atom stereocenters. The molecule has 0 heterocycles. The maximum Gasteiger partial charge on any atom is 0.270 e. The number of alkyl halides is 2. The SMILES string of the molecule is C[C@@H](N)c1cc(C(F)F)cc([N+](=O)[O-])c1.Cl. The van der Waals surface area contributed by atoms with Gasteiger partial charge in [-0.05, 0) is 18.6 Å².